The lowest BCUT2D eigenvalue weighted by Gasteiger charge is -2.32. The number of hydrogen-bond donors (Lipinski definition) is 0. The summed E-state index contributed by atoms with van der Waals surface area (Å²) in [5.74, 6) is 0.0919. The van der Waals surface area contributed by atoms with Crippen molar-refractivity contribution in [1.29, 1.82) is 0 Å². The first-order valence-corrected chi connectivity index (χ1v) is 6.99. The van der Waals surface area contributed by atoms with Gasteiger partial charge in [-0.05, 0) is 24.7 Å². The molecule has 1 amide bonds. The summed E-state index contributed by atoms with van der Waals surface area (Å²) < 4.78 is 5.74. The van der Waals surface area contributed by atoms with Crippen molar-refractivity contribution >= 4 is 21.2 Å². The maximum atomic E-state index is 12.1. The van der Waals surface area contributed by atoms with Crippen LogP contribution in [0.1, 0.15) is 30.7 Å². The van der Waals surface area contributed by atoms with Crippen LogP contribution in [0.3, 0.4) is 0 Å². The van der Waals surface area contributed by atoms with Crippen LogP contribution in [0.25, 0.3) is 6.08 Å². The van der Waals surface area contributed by atoms with Gasteiger partial charge < -0.3 is 4.74 Å². The van der Waals surface area contributed by atoms with Crippen LogP contribution in [0.2, 0.25) is 0 Å². The van der Waals surface area contributed by atoms with E-state index in [0.717, 1.165) is 17.3 Å². The van der Waals surface area contributed by atoms with Crippen molar-refractivity contribution in [2.24, 2.45) is 0 Å². The Morgan fingerprint density at radius 1 is 1.44 bits per heavy atom. The van der Waals surface area contributed by atoms with Crippen molar-refractivity contribution in [3.05, 3.63) is 41.6 Å². The fourth-order valence-corrected chi connectivity index (χ4v) is 2.32. The molecular formula is C14H18NO2P. The maximum Gasteiger partial charge on any atom is 0.229 e. The Bertz CT molecular complexity index is 459. The third kappa shape index (κ3) is 2.63. The van der Waals surface area contributed by atoms with Gasteiger partial charge in [0.05, 0.1) is 0 Å². The Hall–Kier alpha value is -1.18. The Morgan fingerprint density at radius 2 is 2.22 bits per heavy atom. The molecule has 0 spiro atoms. The van der Waals surface area contributed by atoms with Gasteiger partial charge in [-0.3, -0.25) is 9.69 Å². The molecule has 0 aliphatic carbocycles. The predicted molar refractivity (Wildman–Crippen MR) is 75.9 cm³/mol. The summed E-state index contributed by atoms with van der Waals surface area (Å²) in [4.78, 5) is 13.8. The number of carbonyl (C=O) groups excluding carboxylic acids is 1. The van der Waals surface area contributed by atoms with Gasteiger partial charge in [-0.15, -0.1) is 9.24 Å². The number of amides is 1. The summed E-state index contributed by atoms with van der Waals surface area (Å²) >= 11 is 0. The summed E-state index contributed by atoms with van der Waals surface area (Å²) in [6.45, 7) is 2.52. The van der Waals surface area contributed by atoms with Crippen molar-refractivity contribution in [3.8, 4) is 0 Å². The van der Waals surface area contributed by atoms with Gasteiger partial charge >= 0.3 is 0 Å². The van der Waals surface area contributed by atoms with Crippen LogP contribution in [-0.4, -0.2) is 23.6 Å². The van der Waals surface area contributed by atoms with E-state index in [0.29, 0.717) is 13.0 Å². The Kier molecular flexibility index (Phi) is 4.51. The van der Waals surface area contributed by atoms with E-state index < -0.39 is 0 Å². The molecule has 1 aromatic rings. The highest BCUT2D eigenvalue weighted by atomic mass is 31.0. The van der Waals surface area contributed by atoms with Crippen LogP contribution in [0.15, 0.2) is 30.5 Å². The van der Waals surface area contributed by atoms with Gasteiger partial charge in [0, 0.05) is 24.8 Å². The monoisotopic (exact) mass is 263 g/mol. The summed E-state index contributed by atoms with van der Waals surface area (Å²) in [5.41, 5.74) is 2.17. The highest BCUT2D eigenvalue weighted by Crippen LogP contribution is 2.31. The standard InChI is InChI=1S/C14H18NO2P/c1-2-17-14-12-6-4-3-5-11(12)7-9-15(14)13(16)8-10-18/h3-7,9,14H,2,8,10,18H2,1H3. The quantitative estimate of drug-likeness (QED) is 0.782. The lowest BCUT2D eigenvalue weighted by molar-refractivity contribution is -0.140. The van der Waals surface area contributed by atoms with Crippen molar-refractivity contribution in [1.82, 2.24) is 4.90 Å². The molecule has 1 aromatic carbocycles. The molecular weight excluding hydrogens is 245 g/mol. The topological polar surface area (TPSA) is 29.5 Å². The average molecular weight is 263 g/mol. The van der Waals surface area contributed by atoms with Gasteiger partial charge in [0.15, 0.2) is 6.23 Å². The molecule has 0 saturated heterocycles. The highest BCUT2D eigenvalue weighted by Gasteiger charge is 2.27. The Balaban J connectivity index is 2.31. The van der Waals surface area contributed by atoms with Gasteiger partial charge in [0.2, 0.25) is 5.91 Å². The molecule has 2 unspecified atom stereocenters. The normalized spacial score (nSPS) is 17.7. The molecule has 0 saturated carbocycles. The molecule has 0 fully saturated rings. The fourth-order valence-electron chi connectivity index (χ4n) is 2.07. The summed E-state index contributed by atoms with van der Waals surface area (Å²) in [6.07, 6.45) is 4.78. The van der Waals surface area contributed by atoms with E-state index in [-0.39, 0.29) is 12.1 Å². The second-order valence-corrected chi connectivity index (χ2v) is 4.67. The minimum Gasteiger partial charge on any atom is -0.354 e. The van der Waals surface area contributed by atoms with E-state index >= 15 is 0 Å². The van der Waals surface area contributed by atoms with Crippen LogP contribution >= 0.6 is 9.24 Å². The van der Waals surface area contributed by atoms with Gasteiger partial charge in [-0.1, -0.05) is 24.3 Å². The van der Waals surface area contributed by atoms with Crippen molar-refractivity contribution in [3.63, 3.8) is 0 Å². The lowest BCUT2D eigenvalue weighted by Crippen LogP contribution is -2.34. The minimum absolute atomic E-state index is 0.0919. The zero-order valence-corrected chi connectivity index (χ0v) is 11.7. The molecule has 2 atom stereocenters. The first-order chi connectivity index (χ1) is 8.77. The maximum absolute atomic E-state index is 12.1. The molecule has 0 N–H and O–H groups in total. The van der Waals surface area contributed by atoms with Gasteiger partial charge in [0.1, 0.15) is 0 Å². The van der Waals surface area contributed by atoms with E-state index in [1.807, 2.05) is 43.5 Å². The number of hydrogen-bond acceptors (Lipinski definition) is 2. The predicted octanol–water partition coefficient (Wildman–Crippen LogP) is 2.80. The van der Waals surface area contributed by atoms with E-state index in [1.54, 1.807) is 4.90 Å². The number of nitrogens with zero attached hydrogens (tertiary/aromatic N) is 1. The molecule has 1 heterocycles. The zero-order valence-electron chi connectivity index (χ0n) is 10.5. The van der Waals surface area contributed by atoms with Crippen LogP contribution in [0.5, 0.6) is 0 Å². The molecule has 0 bridgehead atoms. The number of benzene rings is 1. The van der Waals surface area contributed by atoms with E-state index in [4.69, 9.17) is 4.74 Å². The van der Waals surface area contributed by atoms with Crippen molar-refractivity contribution in [2.75, 3.05) is 12.8 Å². The van der Waals surface area contributed by atoms with Crippen LogP contribution in [0, 0.1) is 0 Å². The lowest BCUT2D eigenvalue weighted by atomic mass is 10.0. The Labute approximate surface area is 110 Å². The highest BCUT2D eigenvalue weighted by molar-refractivity contribution is 7.16. The average Bonchev–Trinajstić information content (AvgIpc) is 2.39. The summed E-state index contributed by atoms with van der Waals surface area (Å²) in [5, 5.41) is 0. The summed E-state index contributed by atoms with van der Waals surface area (Å²) in [7, 11) is 2.58. The van der Waals surface area contributed by atoms with Gasteiger partial charge in [-0.25, -0.2) is 0 Å². The van der Waals surface area contributed by atoms with E-state index in [9.17, 15) is 4.79 Å². The van der Waals surface area contributed by atoms with E-state index in [1.165, 1.54) is 0 Å². The minimum atomic E-state index is -0.291. The van der Waals surface area contributed by atoms with Crippen LogP contribution in [0.4, 0.5) is 0 Å². The van der Waals surface area contributed by atoms with Crippen molar-refractivity contribution in [2.45, 2.75) is 19.6 Å². The molecule has 18 heavy (non-hydrogen) atoms. The SMILES string of the molecule is CCOC1c2ccccc2C=CN1C(=O)CCP. The second kappa shape index (κ2) is 6.12. The molecule has 0 radical (unpaired) electrons. The van der Waals surface area contributed by atoms with Crippen LogP contribution in [-0.2, 0) is 9.53 Å². The second-order valence-electron chi connectivity index (χ2n) is 4.09. The zero-order chi connectivity index (χ0) is 13.0. The van der Waals surface area contributed by atoms with Crippen LogP contribution < -0.4 is 0 Å². The van der Waals surface area contributed by atoms with E-state index in [2.05, 4.69) is 9.24 Å². The number of fused-ring (bicyclic) bond motifs is 1. The first-order valence-electron chi connectivity index (χ1n) is 6.18. The smallest absolute Gasteiger partial charge is 0.229 e. The molecule has 2 rings (SSSR count). The molecule has 3 nitrogen and oxygen atoms in total. The third-order valence-corrected chi connectivity index (χ3v) is 3.19. The molecule has 96 valence electrons. The third-order valence-electron chi connectivity index (χ3n) is 2.90. The number of carbonyl (C=O) groups is 1. The number of rotatable bonds is 4. The fraction of sp³-hybridized carbons (Fsp3) is 0.357. The molecule has 0 aromatic heterocycles. The molecule has 1 aliphatic heterocycles. The molecule has 4 heteroatoms. The first kappa shape index (κ1) is 13.3. The molecule has 1 aliphatic rings. The Morgan fingerprint density at radius 3 is 2.94 bits per heavy atom. The van der Waals surface area contributed by atoms with Gasteiger partial charge in [-0.2, -0.15) is 0 Å². The van der Waals surface area contributed by atoms with Crippen molar-refractivity contribution < 1.29 is 9.53 Å². The summed E-state index contributed by atoms with van der Waals surface area (Å²) in [6, 6.07) is 8.02. The number of ether oxygens (including phenoxy) is 1. The van der Waals surface area contributed by atoms with Gasteiger partial charge in [0.25, 0.3) is 0 Å². The largest absolute Gasteiger partial charge is 0.354 e.